The third-order valence-electron chi connectivity index (χ3n) is 2.95. The van der Waals surface area contributed by atoms with Gasteiger partial charge < -0.3 is 10.2 Å². The summed E-state index contributed by atoms with van der Waals surface area (Å²) >= 11 is 7.91. The minimum absolute atomic E-state index is 0.713. The van der Waals surface area contributed by atoms with Gasteiger partial charge in [-0.2, -0.15) is 0 Å². The summed E-state index contributed by atoms with van der Waals surface area (Å²) in [5, 5.41) is 5.94. The summed E-state index contributed by atoms with van der Waals surface area (Å²) in [5.41, 5.74) is 1.08. The van der Waals surface area contributed by atoms with Gasteiger partial charge in [-0.25, -0.2) is 4.98 Å². The molecule has 19 heavy (non-hydrogen) atoms. The Kier molecular flexibility index (Phi) is 5.19. The van der Waals surface area contributed by atoms with E-state index in [9.17, 15) is 0 Å². The quantitative estimate of drug-likeness (QED) is 0.887. The van der Waals surface area contributed by atoms with Crippen molar-refractivity contribution in [1.29, 1.82) is 0 Å². The van der Waals surface area contributed by atoms with Crippen LogP contribution in [-0.4, -0.2) is 25.6 Å². The van der Waals surface area contributed by atoms with E-state index in [4.69, 9.17) is 11.6 Å². The molecule has 5 heteroatoms. The lowest BCUT2D eigenvalue weighted by Gasteiger charge is -2.19. The number of anilines is 1. The van der Waals surface area contributed by atoms with Crippen molar-refractivity contribution in [3.05, 3.63) is 45.2 Å². The van der Waals surface area contributed by atoms with Gasteiger partial charge in [0.1, 0.15) is 5.82 Å². The summed E-state index contributed by atoms with van der Waals surface area (Å²) in [6.07, 6.45) is 2.77. The second kappa shape index (κ2) is 6.89. The van der Waals surface area contributed by atoms with E-state index in [1.54, 1.807) is 17.5 Å². The van der Waals surface area contributed by atoms with Crippen molar-refractivity contribution in [1.82, 2.24) is 10.3 Å². The molecule has 0 amide bonds. The Morgan fingerprint density at radius 3 is 3.00 bits per heavy atom. The van der Waals surface area contributed by atoms with Gasteiger partial charge >= 0.3 is 0 Å². The molecule has 0 fully saturated rings. The van der Waals surface area contributed by atoms with E-state index in [1.807, 2.05) is 13.1 Å². The van der Waals surface area contributed by atoms with Crippen molar-refractivity contribution in [3.8, 4) is 0 Å². The van der Waals surface area contributed by atoms with Crippen LogP contribution in [0.3, 0.4) is 0 Å². The number of aromatic nitrogens is 1. The Labute approximate surface area is 123 Å². The van der Waals surface area contributed by atoms with Gasteiger partial charge in [-0.1, -0.05) is 17.7 Å². The molecule has 2 heterocycles. The van der Waals surface area contributed by atoms with Gasteiger partial charge in [-0.3, -0.25) is 0 Å². The van der Waals surface area contributed by atoms with Gasteiger partial charge in [0.15, 0.2) is 0 Å². The van der Waals surface area contributed by atoms with E-state index >= 15 is 0 Å². The van der Waals surface area contributed by atoms with Gasteiger partial charge in [-0.15, -0.1) is 11.3 Å². The maximum absolute atomic E-state index is 6.12. The zero-order valence-corrected chi connectivity index (χ0v) is 12.8. The number of hydrogen-bond donors (Lipinski definition) is 1. The molecule has 0 radical (unpaired) electrons. The molecule has 0 aromatic carbocycles. The third-order valence-corrected chi connectivity index (χ3v) is 4.23. The molecule has 0 aliphatic rings. The third kappa shape index (κ3) is 3.93. The number of hydrogen-bond acceptors (Lipinski definition) is 4. The number of pyridine rings is 1. The fraction of sp³-hybridized carbons (Fsp3) is 0.357. The minimum atomic E-state index is 0.713. The normalized spacial score (nSPS) is 10.7. The molecule has 2 rings (SSSR count). The van der Waals surface area contributed by atoms with E-state index in [1.165, 1.54) is 4.88 Å². The van der Waals surface area contributed by atoms with Gasteiger partial charge in [0, 0.05) is 31.2 Å². The van der Waals surface area contributed by atoms with Crippen LogP contribution in [0.5, 0.6) is 0 Å². The molecule has 0 unspecified atom stereocenters. The molecule has 0 atom stereocenters. The van der Waals surface area contributed by atoms with Gasteiger partial charge in [0.25, 0.3) is 0 Å². The van der Waals surface area contributed by atoms with Crippen LogP contribution in [0.15, 0.2) is 29.8 Å². The average Bonchev–Trinajstić information content (AvgIpc) is 2.92. The first-order chi connectivity index (χ1) is 9.20. The van der Waals surface area contributed by atoms with Crippen molar-refractivity contribution in [2.45, 2.75) is 13.0 Å². The van der Waals surface area contributed by atoms with E-state index in [-0.39, 0.29) is 0 Å². The van der Waals surface area contributed by atoms with E-state index < -0.39 is 0 Å². The van der Waals surface area contributed by atoms with Crippen molar-refractivity contribution >= 4 is 28.8 Å². The highest BCUT2D eigenvalue weighted by atomic mass is 35.5. The maximum Gasteiger partial charge on any atom is 0.128 e. The molecule has 0 spiro atoms. The first kappa shape index (κ1) is 14.3. The number of halogens is 1. The molecule has 0 aliphatic carbocycles. The zero-order chi connectivity index (χ0) is 13.7. The lowest BCUT2D eigenvalue weighted by molar-refractivity contribution is 0.810. The Bertz CT molecular complexity index is 513. The summed E-state index contributed by atoms with van der Waals surface area (Å²) in [6.45, 7) is 1.71. The summed E-state index contributed by atoms with van der Waals surface area (Å²) in [7, 11) is 3.98. The topological polar surface area (TPSA) is 28.2 Å². The molecule has 0 aliphatic heterocycles. The second-order valence-electron chi connectivity index (χ2n) is 4.42. The second-order valence-corrected chi connectivity index (χ2v) is 5.85. The van der Waals surface area contributed by atoms with Crippen molar-refractivity contribution < 1.29 is 0 Å². The highest BCUT2D eigenvalue weighted by Crippen LogP contribution is 2.20. The predicted octanol–water partition coefficient (Wildman–Crippen LogP) is 3.19. The first-order valence-electron chi connectivity index (χ1n) is 6.23. The van der Waals surface area contributed by atoms with Crippen LogP contribution in [-0.2, 0) is 13.0 Å². The molecule has 2 aromatic heterocycles. The molecular formula is C14H18ClN3S. The fourth-order valence-electron chi connectivity index (χ4n) is 1.85. The van der Waals surface area contributed by atoms with Crippen LogP contribution in [0, 0.1) is 0 Å². The smallest absolute Gasteiger partial charge is 0.128 e. The first-order valence-corrected chi connectivity index (χ1v) is 7.49. The predicted molar refractivity (Wildman–Crippen MR) is 83.3 cm³/mol. The maximum atomic E-state index is 6.12. The highest BCUT2D eigenvalue weighted by Gasteiger charge is 2.07. The molecule has 1 N–H and O–H groups in total. The molecule has 0 bridgehead atoms. The van der Waals surface area contributed by atoms with Crippen molar-refractivity contribution in [2.75, 3.05) is 25.5 Å². The van der Waals surface area contributed by atoms with Crippen molar-refractivity contribution in [3.63, 3.8) is 0 Å². The average molecular weight is 296 g/mol. The van der Waals surface area contributed by atoms with E-state index in [2.05, 4.69) is 39.8 Å². The van der Waals surface area contributed by atoms with Gasteiger partial charge in [-0.05, 0) is 36.5 Å². The van der Waals surface area contributed by atoms with Crippen LogP contribution in [0.4, 0.5) is 5.82 Å². The molecule has 0 saturated heterocycles. The van der Waals surface area contributed by atoms with Crippen molar-refractivity contribution in [2.24, 2.45) is 0 Å². The lowest BCUT2D eigenvalue weighted by atomic mass is 10.2. The standard InChI is InChI=1S/C14H18ClN3S/c1-16-9-11-8-14(17-10-13(11)15)18(2)6-5-12-4-3-7-19-12/h3-4,7-8,10,16H,5-6,9H2,1-2H3. The summed E-state index contributed by atoms with van der Waals surface area (Å²) < 4.78 is 0. The zero-order valence-electron chi connectivity index (χ0n) is 11.2. The number of rotatable bonds is 6. The van der Waals surface area contributed by atoms with Crippen LogP contribution >= 0.6 is 22.9 Å². The van der Waals surface area contributed by atoms with Crippen LogP contribution in [0.1, 0.15) is 10.4 Å². The highest BCUT2D eigenvalue weighted by molar-refractivity contribution is 7.09. The summed E-state index contributed by atoms with van der Waals surface area (Å²) in [5.74, 6) is 0.964. The number of thiophene rings is 1. The lowest BCUT2D eigenvalue weighted by Crippen LogP contribution is -2.21. The Balaban J connectivity index is 2.02. The van der Waals surface area contributed by atoms with Gasteiger partial charge in [0.05, 0.1) is 5.02 Å². The Morgan fingerprint density at radius 2 is 2.32 bits per heavy atom. The van der Waals surface area contributed by atoms with E-state index in [0.29, 0.717) is 5.02 Å². The summed E-state index contributed by atoms with van der Waals surface area (Å²) in [6, 6.07) is 6.30. The molecule has 3 nitrogen and oxygen atoms in total. The van der Waals surface area contributed by atoms with E-state index in [0.717, 1.165) is 30.9 Å². The molecule has 0 saturated carbocycles. The molecule has 2 aromatic rings. The van der Waals surface area contributed by atoms with Crippen LogP contribution in [0.25, 0.3) is 0 Å². The molecule has 102 valence electrons. The number of nitrogens with one attached hydrogen (secondary N) is 1. The Morgan fingerprint density at radius 1 is 1.47 bits per heavy atom. The fourth-order valence-corrected chi connectivity index (χ4v) is 2.72. The number of nitrogens with zero attached hydrogens (tertiary/aromatic N) is 2. The minimum Gasteiger partial charge on any atom is -0.359 e. The molecular weight excluding hydrogens is 278 g/mol. The Hall–Kier alpha value is -1.10. The van der Waals surface area contributed by atoms with Crippen LogP contribution < -0.4 is 10.2 Å². The largest absolute Gasteiger partial charge is 0.359 e. The van der Waals surface area contributed by atoms with Crippen LogP contribution in [0.2, 0.25) is 5.02 Å². The van der Waals surface area contributed by atoms with Gasteiger partial charge in [0.2, 0.25) is 0 Å². The number of likely N-dealkylation sites (N-methyl/N-ethyl adjacent to an activating group) is 1. The SMILES string of the molecule is CNCc1cc(N(C)CCc2cccs2)ncc1Cl. The monoisotopic (exact) mass is 295 g/mol. The summed E-state index contributed by atoms with van der Waals surface area (Å²) in [4.78, 5) is 7.95.